The number of benzene rings is 2. The van der Waals surface area contributed by atoms with Gasteiger partial charge in [-0.2, -0.15) is 0 Å². The molecule has 2 aliphatic rings. The maximum atomic E-state index is 12.7. The summed E-state index contributed by atoms with van der Waals surface area (Å²) in [6, 6.07) is 11.9. The minimum absolute atomic E-state index is 0.301. The first-order valence-electron chi connectivity index (χ1n) is 6.94. The number of ether oxygens (including phenoxy) is 1. The molecule has 4 rings (SSSR count). The third-order valence-electron chi connectivity index (χ3n) is 4.46. The van der Waals surface area contributed by atoms with E-state index < -0.39 is 17.2 Å². The van der Waals surface area contributed by atoms with Gasteiger partial charge in [-0.3, -0.25) is 4.79 Å². The van der Waals surface area contributed by atoms with E-state index in [9.17, 15) is 15.0 Å². The second-order valence-electron chi connectivity index (χ2n) is 5.52. The number of Topliss-reactive ketones (excluding diaryl/α,β-unsaturated/α-hetero) is 1. The van der Waals surface area contributed by atoms with E-state index in [-0.39, 0.29) is 0 Å². The number of hydrogen-bond acceptors (Lipinski definition) is 4. The van der Waals surface area contributed by atoms with E-state index in [0.29, 0.717) is 22.4 Å². The molecule has 1 aliphatic heterocycles. The Labute approximate surface area is 121 Å². The average molecular weight is 282 g/mol. The Kier molecular flexibility index (Phi) is 2.23. The summed E-state index contributed by atoms with van der Waals surface area (Å²) >= 11 is 0. The van der Waals surface area contributed by atoms with Crippen LogP contribution in [-0.2, 0) is 17.8 Å². The van der Waals surface area contributed by atoms with Crippen molar-refractivity contribution in [3.8, 4) is 5.75 Å². The molecule has 0 saturated carbocycles. The molecule has 0 saturated heterocycles. The van der Waals surface area contributed by atoms with Crippen LogP contribution in [0.3, 0.4) is 0 Å². The van der Waals surface area contributed by atoms with Gasteiger partial charge in [0.1, 0.15) is 5.75 Å². The van der Waals surface area contributed by atoms with Crippen molar-refractivity contribution in [3.05, 3.63) is 64.7 Å². The molecule has 1 aliphatic carbocycles. The molecule has 0 radical (unpaired) electrons. The highest BCUT2D eigenvalue weighted by Gasteiger charge is 2.70. The van der Waals surface area contributed by atoms with Crippen LogP contribution in [0, 0.1) is 0 Å². The summed E-state index contributed by atoms with van der Waals surface area (Å²) in [6.07, 6.45) is 0.767. The van der Waals surface area contributed by atoms with Gasteiger partial charge in [-0.15, -0.1) is 0 Å². The van der Waals surface area contributed by atoms with Crippen LogP contribution < -0.4 is 4.74 Å². The van der Waals surface area contributed by atoms with E-state index in [1.165, 1.54) is 0 Å². The summed E-state index contributed by atoms with van der Waals surface area (Å²) in [5.41, 5.74) is -0.150. The van der Waals surface area contributed by atoms with Gasteiger partial charge in [0.25, 0.3) is 5.79 Å². The first kappa shape index (κ1) is 12.6. The van der Waals surface area contributed by atoms with Gasteiger partial charge in [0.05, 0.1) is 0 Å². The lowest BCUT2D eigenvalue weighted by Gasteiger charge is -2.28. The van der Waals surface area contributed by atoms with Crippen molar-refractivity contribution >= 4 is 5.78 Å². The summed E-state index contributed by atoms with van der Waals surface area (Å²) < 4.78 is 5.60. The summed E-state index contributed by atoms with van der Waals surface area (Å²) in [5, 5.41) is 21.9. The molecule has 2 N–H and O–H groups in total. The Hall–Kier alpha value is -2.17. The minimum Gasteiger partial charge on any atom is -0.454 e. The van der Waals surface area contributed by atoms with E-state index in [4.69, 9.17) is 4.74 Å². The number of fused-ring (bicyclic) bond motifs is 5. The third-order valence-corrected chi connectivity index (χ3v) is 4.46. The van der Waals surface area contributed by atoms with E-state index in [1.807, 2.05) is 13.0 Å². The molecular formula is C17H14O4. The first-order valence-corrected chi connectivity index (χ1v) is 6.94. The summed E-state index contributed by atoms with van der Waals surface area (Å²) in [4.78, 5) is 12.7. The molecule has 4 nitrogen and oxygen atoms in total. The van der Waals surface area contributed by atoms with E-state index in [1.54, 1.807) is 36.4 Å². The number of carbonyl (C=O) groups is 1. The molecule has 2 atom stereocenters. The van der Waals surface area contributed by atoms with Crippen LogP contribution in [0.4, 0.5) is 0 Å². The number of ketones is 1. The van der Waals surface area contributed by atoms with Crippen LogP contribution >= 0.6 is 0 Å². The molecule has 0 fully saturated rings. The van der Waals surface area contributed by atoms with Gasteiger partial charge in [0.15, 0.2) is 0 Å². The largest absolute Gasteiger partial charge is 0.454 e. The van der Waals surface area contributed by atoms with Crippen molar-refractivity contribution in [2.24, 2.45) is 0 Å². The Morgan fingerprint density at radius 3 is 2.62 bits per heavy atom. The number of carbonyl (C=O) groups excluding carboxylic acids is 1. The lowest BCUT2D eigenvalue weighted by Crippen LogP contribution is -2.48. The maximum absolute atomic E-state index is 12.7. The topological polar surface area (TPSA) is 66.8 Å². The molecule has 0 spiro atoms. The second-order valence-corrected chi connectivity index (χ2v) is 5.52. The predicted octanol–water partition coefficient (Wildman–Crippen LogP) is 1.87. The van der Waals surface area contributed by atoms with E-state index in [2.05, 4.69) is 0 Å². The maximum Gasteiger partial charge on any atom is 0.276 e. The molecule has 4 heteroatoms. The number of rotatable bonds is 1. The Bertz CT molecular complexity index is 782. The van der Waals surface area contributed by atoms with E-state index in [0.717, 1.165) is 12.0 Å². The second kappa shape index (κ2) is 3.72. The lowest BCUT2D eigenvalue weighted by molar-refractivity contribution is -0.224. The number of aliphatic hydroxyl groups is 2. The van der Waals surface area contributed by atoms with Gasteiger partial charge < -0.3 is 14.9 Å². The Balaban J connectivity index is 2.02. The predicted molar refractivity (Wildman–Crippen MR) is 75.0 cm³/mol. The molecule has 106 valence electrons. The van der Waals surface area contributed by atoms with Crippen molar-refractivity contribution in [2.45, 2.75) is 24.7 Å². The van der Waals surface area contributed by atoms with Crippen molar-refractivity contribution in [3.63, 3.8) is 0 Å². The summed E-state index contributed by atoms with van der Waals surface area (Å²) in [7, 11) is 0. The highest BCUT2D eigenvalue weighted by atomic mass is 16.7. The fraction of sp³-hybridized carbons (Fsp3) is 0.235. The standard InChI is InChI=1S/C17H14O4/c1-2-10-7-8-14-13(9-10)16(19)15(18)11-5-3-4-6-12(11)17(16,20)21-14/h3-9,19-20H,2H2,1H3. The molecular weight excluding hydrogens is 268 g/mol. The van der Waals surface area contributed by atoms with Crippen molar-refractivity contribution < 1.29 is 19.7 Å². The molecule has 2 unspecified atom stereocenters. The summed E-state index contributed by atoms with van der Waals surface area (Å²) in [6.45, 7) is 1.99. The van der Waals surface area contributed by atoms with Crippen molar-refractivity contribution in [1.82, 2.24) is 0 Å². The first-order chi connectivity index (χ1) is 10.0. The molecule has 21 heavy (non-hydrogen) atoms. The van der Waals surface area contributed by atoms with Gasteiger partial charge in [-0.25, -0.2) is 0 Å². The fourth-order valence-electron chi connectivity index (χ4n) is 3.28. The van der Waals surface area contributed by atoms with E-state index >= 15 is 0 Å². The van der Waals surface area contributed by atoms with Gasteiger partial charge in [0.2, 0.25) is 11.4 Å². The highest BCUT2D eigenvalue weighted by Crippen LogP contribution is 2.57. The quantitative estimate of drug-likeness (QED) is 0.838. The van der Waals surface area contributed by atoms with Crippen molar-refractivity contribution in [2.75, 3.05) is 0 Å². The molecule has 0 amide bonds. The number of aryl methyl sites for hydroxylation is 1. The van der Waals surface area contributed by atoms with Crippen molar-refractivity contribution in [1.29, 1.82) is 0 Å². The lowest BCUT2D eigenvalue weighted by atomic mass is 9.86. The average Bonchev–Trinajstić information content (AvgIpc) is 2.84. The third kappa shape index (κ3) is 1.25. The zero-order chi connectivity index (χ0) is 14.8. The molecule has 0 bridgehead atoms. The minimum atomic E-state index is -2.07. The highest BCUT2D eigenvalue weighted by molar-refractivity contribution is 6.09. The van der Waals surface area contributed by atoms with Crippen LogP contribution in [-0.4, -0.2) is 16.0 Å². The smallest absolute Gasteiger partial charge is 0.276 e. The van der Waals surface area contributed by atoms with Gasteiger partial charge in [-0.05, 0) is 24.1 Å². The molecule has 2 aromatic carbocycles. The normalized spacial score (nSPS) is 28.8. The monoisotopic (exact) mass is 282 g/mol. The Morgan fingerprint density at radius 1 is 1.10 bits per heavy atom. The van der Waals surface area contributed by atoms with Crippen LogP contribution in [0.25, 0.3) is 0 Å². The SMILES string of the molecule is CCc1ccc2c(c1)C1(O)C(=O)c3ccccc3C1(O)O2. The van der Waals surface area contributed by atoms with Crippen LogP contribution in [0.5, 0.6) is 5.75 Å². The van der Waals surface area contributed by atoms with Crippen LogP contribution in [0.1, 0.15) is 34.0 Å². The molecule has 2 aromatic rings. The molecule has 1 heterocycles. The molecule has 0 aromatic heterocycles. The van der Waals surface area contributed by atoms with Gasteiger partial charge in [0, 0.05) is 16.7 Å². The Morgan fingerprint density at radius 2 is 1.86 bits per heavy atom. The fourth-order valence-corrected chi connectivity index (χ4v) is 3.28. The number of hydrogen-bond donors (Lipinski definition) is 2. The van der Waals surface area contributed by atoms with Gasteiger partial charge in [-0.1, -0.05) is 37.3 Å². The summed E-state index contributed by atoms with van der Waals surface area (Å²) in [5.74, 6) is -2.22. The van der Waals surface area contributed by atoms with Gasteiger partial charge >= 0.3 is 0 Å². The zero-order valence-corrected chi connectivity index (χ0v) is 11.5. The zero-order valence-electron chi connectivity index (χ0n) is 11.5. The van der Waals surface area contributed by atoms with Crippen LogP contribution in [0.2, 0.25) is 0 Å². The van der Waals surface area contributed by atoms with Crippen LogP contribution in [0.15, 0.2) is 42.5 Å².